The quantitative estimate of drug-likeness (QED) is 0.624. The molecule has 0 spiro atoms. The van der Waals surface area contributed by atoms with E-state index in [1.165, 1.54) is 37.1 Å². The van der Waals surface area contributed by atoms with Gasteiger partial charge in [-0.05, 0) is 60.5 Å². The molecule has 0 aliphatic carbocycles. The lowest BCUT2D eigenvalue weighted by Crippen LogP contribution is -2.32. The number of hydrogen-bond acceptors (Lipinski definition) is 4. The van der Waals surface area contributed by atoms with Crippen LogP contribution in [0.4, 0.5) is 0 Å². The zero-order valence-corrected chi connectivity index (χ0v) is 18.3. The summed E-state index contributed by atoms with van der Waals surface area (Å²) in [6, 6.07) is 17.0. The third-order valence-corrected chi connectivity index (χ3v) is 6.19. The van der Waals surface area contributed by atoms with Crippen LogP contribution in [0.2, 0.25) is 0 Å². The average Bonchev–Trinajstić information content (AvgIpc) is 3.11. The molecule has 2 aromatic carbocycles. The number of aromatic nitrogens is 3. The predicted molar refractivity (Wildman–Crippen MR) is 120 cm³/mol. The summed E-state index contributed by atoms with van der Waals surface area (Å²) in [6.07, 6.45) is 2.59. The maximum absolute atomic E-state index is 10.3. The Balaban J connectivity index is 1.48. The molecule has 0 bridgehead atoms. The van der Waals surface area contributed by atoms with Crippen LogP contribution in [-0.2, 0) is 13.1 Å². The second kappa shape index (κ2) is 9.00. The van der Waals surface area contributed by atoms with Gasteiger partial charge in [0.2, 0.25) is 0 Å². The van der Waals surface area contributed by atoms with Crippen molar-refractivity contribution in [2.45, 2.75) is 52.6 Å². The number of piperidine rings is 1. The molecular formula is C25H32N4O. The van der Waals surface area contributed by atoms with Gasteiger partial charge in [0.25, 0.3) is 0 Å². The second-order valence-electron chi connectivity index (χ2n) is 8.97. The van der Waals surface area contributed by atoms with Gasteiger partial charge in [-0.2, -0.15) is 0 Å². The highest BCUT2D eigenvalue weighted by atomic mass is 16.3. The summed E-state index contributed by atoms with van der Waals surface area (Å²) in [4.78, 5) is 2.54. The van der Waals surface area contributed by atoms with E-state index in [0.29, 0.717) is 18.3 Å². The van der Waals surface area contributed by atoms with Gasteiger partial charge in [-0.25, -0.2) is 0 Å². The fraction of sp³-hybridized carbons (Fsp3) is 0.440. The van der Waals surface area contributed by atoms with Crippen molar-refractivity contribution in [2.75, 3.05) is 13.1 Å². The van der Waals surface area contributed by atoms with Crippen LogP contribution < -0.4 is 0 Å². The number of hydrogen-bond donors (Lipinski definition) is 1. The Hall–Kier alpha value is -2.66. The Morgan fingerprint density at radius 3 is 2.30 bits per heavy atom. The Morgan fingerprint density at radius 2 is 1.63 bits per heavy atom. The number of likely N-dealkylation sites (tertiary alicyclic amines) is 1. The van der Waals surface area contributed by atoms with Crippen LogP contribution in [0.1, 0.15) is 56.2 Å². The molecule has 3 aromatic rings. The zero-order chi connectivity index (χ0) is 21.1. The lowest BCUT2D eigenvalue weighted by molar-refractivity contribution is 0.185. The van der Waals surface area contributed by atoms with Crippen molar-refractivity contribution in [1.29, 1.82) is 0 Å². The molecule has 0 unspecified atom stereocenters. The van der Waals surface area contributed by atoms with Crippen molar-refractivity contribution < 1.29 is 5.11 Å². The zero-order valence-electron chi connectivity index (χ0n) is 18.3. The van der Waals surface area contributed by atoms with E-state index in [1.807, 2.05) is 12.1 Å². The summed E-state index contributed by atoms with van der Waals surface area (Å²) in [6.45, 7) is 10.6. The summed E-state index contributed by atoms with van der Waals surface area (Å²) in [5.74, 6) is 1.99. The van der Waals surface area contributed by atoms with E-state index in [1.54, 1.807) is 4.57 Å². The first-order chi connectivity index (χ1) is 14.5. The fourth-order valence-electron chi connectivity index (χ4n) is 4.10. The number of rotatable bonds is 6. The summed E-state index contributed by atoms with van der Waals surface area (Å²) < 4.78 is 1.78. The summed E-state index contributed by atoms with van der Waals surface area (Å²) in [7, 11) is 0. The monoisotopic (exact) mass is 404 g/mol. The summed E-state index contributed by atoms with van der Waals surface area (Å²) in [5, 5.41) is 18.5. The third-order valence-electron chi connectivity index (χ3n) is 6.19. The molecule has 30 heavy (non-hydrogen) atoms. The maximum Gasteiger partial charge on any atom is 0.315 e. The fourth-order valence-corrected chi connectivity index (χ4v) is 4.10. The minimum absolute atomic E-state index is 0.0496. The van der Waals surface area contributed by atoms with Crippen LogP contribution in [0.3, 0.4) is 0 Å². The third kappa shape index (κ3) is 4.73. The molecule has 0 radical (unpaired) electrons. The molecule has 158 valence electrons. The Bertz CT molecular complexity index is 969. The van der Waals surface area contributed by atoms with E-state index in [0.717, 1.165) is 23.6 Å². The van der Waals surface area contributed by atoms with Crippen molar-refractivity contribution >= 4 is 0 Å². The van der Waals surface area contributed by atoms with Crippen LogP contribution in [0.15, 0.2) is 48.5 Å². The molecule has 5 nitrogen and oxygen atoms in total. The van der Waals surface area contributed by atoms with Gasteiger partial charge in [0.1, 0.15) is 0 Å². The summed E-state index contributed by atoms with van der Waals surface area (Å²) in [5.41, 5.74) is 4.69. The van der Waals surface area contributed by atoms with Crippen molar-refractivity contribution in [3.8, 4) is 17.4 Å². The van der Waals surface area contributed by atoms with Crippen LogP contribution >= 0.6 is 0 Å². The molecule has 1 aromatic heterocycles. The molecule has 5 heteroatoms. The van der Waals surface area contributed by atoms with Gasteiger partial charge in [0.05, 0.1) is 6.54 Å². The van der Waals surface area contributed by atoms with E-state index in [-0.39, 0.29) is 6.01 Å². The lowest BCUT2D eigenvalue weighted by atomic mass is 9.99. The Labute approximate surface area is 179 Å². The van der Waals surface area contributed by atoms with Gasteiger partial charge in [-0.1, -0.05) is 68.3 Å². The van der Waals surface area contributed by atoms with Crippen molar-refractivity contribution in [2.24, 2.45) is 5.92 Å². The molecule has 2 heterocycles. The van der Waals surface area contributed by atoms with E-state index in [4.69, 9.17) is 0 Å². The molecule has 4 rings (SSSR count). The number of nitrogens with zero attached hydrogens (tertiary/aromatic N) is 4. The van der Waals surface area contributed by atoms with E-state index < -0.39 is 0 Å². The van der Waals surface area contributed by atoms with Gasteiger partial charge in [-0.15, -0.1) is 5.10 Å². The highest BCUT2D eigenvalue weighted by Crippen LogP contribution is 2.26. The predicted octanol–water partition coefficient (Wildman–Crippen LogP) is 5.05. The first-order valence-corrected chi connectivity index (χ1v) is 11.0. The number of aromatic hydroxyl groups is 1. The molecule has 0 atom stereocenters. The lowest BCUT2D eigenvalue weighted by Gasteiger charge is -2.30. The SMILES string of the molecule is CC1CCN(Cc2ccc(Cn3c(O)nnc3-c3cccc(C(C)C)c3)cc2)CC1. The largest absolute Gasteiger partial charge is 0.479 e. The highest BCUT2D eigenvalue weighted by molar-refractivity contribution is 5.57. The van der Waals surface area contributed by atoms with Crippen LogP contribution in [0.5, 0.6) is 6.01 Å². The van der Waals surface area contributed by atoms with Gasteiger partial charge in [0.15, 0.2) is 5.82 Å². The van der Waals surface area contributed by atoms with Crippen LogP contribution in [0.25, 0.3) is 11.4 Å². The Morgan fingerprint density at radius 1 is 0.967 bits per heavy atom. The summed E-state index contributed by atoms with van der Waals surface area (Å²) >= 11 is 0. The van der Waals surface area contributed by atoms with E-state index in [9.17, 15) is 5.11 Å². The standard InChI is InChI=1S/C25H32N4O/c1-18(2)22-5-4-6-23(15-22)24-26-27-25(30)29(24)17-21-9-7-20(8-10-21)16-28-13-11-19(3)12-14-28/h4-10,15,18-19H,11-14,16-17H2,1-3H3,(H,27,30). The molecule has 1 fully saturated rings. The van der Waals surface area contributed by atoms with E-state index in [2.05, 4.69) is 72.3 Å². The molecule has 1 aliphatic rings. The first-order valence-electron chi connectivity index (χ1n) is 11.0. The van der Waals surface area contributed by atoms with Crippen molar-refractivity contribution in [3.05, 3.63) is 65.2 Å². The van der Waals surface area contributed by atoms with E-state index >= 15 is 0 Å². The molecule has 1 aliphatic heterocycles. The average molecular weight is 405 g/mol. The molecular weight excluding hydrogens is 372 g/mol. The number of benzene rings is 2. The van der Waals surface area contributed by atoms with Crippen LogP contribution in [0, 0.1) is 5.92 Å². The Kier molecular flexibility index (Phi) is 6.18. The van der Waals surface area contributed by atoms with Gasteiger partial charge < -0.3 is 5.11 Å². The minimum Gasteiger partial charge on any atom is -0.479 e. The minimum atomic E-state index is -0.0496. The van der Waals surface area contributed by atoms with Gasteiger partial charge >= 0.3 is 6.01 Å². The molecule has 0 saturated carbocycles. The second-order valence-corrected chi connectivity index (χ2v) is 8.97. The van der Waals surface area contributed by atoms with Gasteiger partial charge in [0, 0.05) is 12.1 Å². The highest BCUT2D eigenvalue weighted by Gasteiger charge is 2.17. The van der Waals surface area contributed by atoms with Gasteiger partial charge in [-0.3, -0.25) is 9.47 Å². The molecule has 0 amide bonds. The molecule has 1 N–H and O–H groups in total. The van der Waals surface area contributed by atoms with Crippen LogP contribution in [-0.4, -0.2) is 37.9 Å². The topological polar surface area (TPSA) is 54.2 Å². The smallest absolute Gasteiger partial charge is 0.315 e. The molecule has 1 saturated heterocycles. The first kappa shape index (κ1) is 20.6. The van der Waals surface area contributed by atoms with Crippen molar-refractivity contribution in [3.63, 3.8) is 0 Å². The van der Waals surface area contributed by atoms with Crippen molar-refractivity contribution in [1.82, 2.24) is 19.7 Å². The maximum atomic E-state index is 10.3. The normalized spacial score (nSPS) is 15.7.